The molecule has 0 spiro atoms. The summed E-state index contributed by atoms with van der Waals surface area (Å²) in [6.45, 7) is 2.07. The van der Waals surface area contributed by atoms with Gasteiger partial charge in [0.15, 0.2) is 0 Å². The molecule has 17 heavy (non-hydrogen) atoms. The third kappa shape index (κ3) is 1.68. The molecular weight excluding hydrogens is 210 g/mol. The number of benzene rings is 1. The Hall–Kier alpha value is -2.22. The van der Waals surface area contributed by atoms with Gasteiger partial charge in [-0.25, -0.2) is 0 Å². The molecule has 84 valence electrons. The highest BCUT2D eigenvalue weighted by Crippen LogP contribution is 2.34. The molecule has 1 aliphatic heterocycles. The van der Waals surface area contributed by atoms with E-state index in [2.05, 4.69) is 19.1 Å². The van der Waals surface area contributed by atoms with Crippen molar-refractivity contribution < 1.29 is 4.42 Å². The molecule has 0 radical (unpaired) electrons. The van der Waals surface area contributed by atoms with Crippen molar-refractivity contribution in [2.75, 3.05) is 5.73 Å². The molecule has 0 saturated carbocycles. The summed E-state index contributed by atoms with van der Waals surface area (Å²) in [5, 5.41) is 0. The molecule has 3 rings (SSSR count). The molecule has 2 heteroatoms. The van der Waals surface area contributed by atoms with Gasteiger partial charge >= 0.3 is 0 Å². The second-order valence-electron chi connectivity index (χ2n) is 4.24. The molecule has 0 aromatic heterocycles. The Bertz CT molecular complexity index is 622. The first-order valence-corrected chi connectivity index (χ1v) is 5.59. The van der Waals surface area contributed by atoms with Crippen molar-refractivity contribution in [2.45, 2.75) is 6.92 Å². The fourth-order valence-corrected chi connectivity index (χ4v) is 1.96. The lowest BCUT2D eigenvalue weighted by Crippen LogP contribution is -1.90. The molecule has 2 N–H and O–H groups in total. The summed E-state index contributed by atoms with van der Waals surface area (Å²) in [6, 6.07) is 15.9. The molecule has 0 atom stereocenters. The Morgan fingerprint density at radius 1 is 0.941 bits per heavy atom. The Balaban J connectivity index is 2.18. The van der Waals surface area contributed by atoms with Gasteiger partial charge in [-0.05, 0) is 19.1 Å². The largest absolute Gasteiger partial charge is 0.456 e. The van der Waals surface area contributed by atoms with Crippen molar-refractivity contribution >= 4 is 5.69 Å². The molecule has 2 aliphatic rings. The van der Waals surface area contributed by atoms with Gasteiger partial charge in [-0.2, -0.15) is 0 Å². The monoisotopic (exact) mass is 223 g/mol. The minimum absolute atomic E-state index is 0.756. The zero-order valence-electron chi connectivity index (χ0n) is 9.60. The smallest absolute Gasteiger partial charge is 0.136 e. The number of rotatable bonds is 1. The van der Waals surface area contributed by atoms with Gasteiger partial charge in [0.1, 0.15) is 11.5 Å². The topological polar surface area (TPSA) is 39.2 Å². The van der Waals surface area contributed by atoms with Crippen molar-refractivity contribution in [1.82, 2.24) is 0 Å². The standard InChI is InChI=1S/C15H13NO/c1-10-5-7-11(8-6-10)15-9-13(16)12-3-2-4-14(12)17-15/h2-9H,16H2,1H3. The van der Waals surface area contributed by atoms with Gasteiger partial charge in [0.2, 0.25) is 0 Å². The Kier molecular flexibility index (Phi) is 2.15. The highest BCUT2D eigenvalue weighted by molar-refractivity contribution is 5.78. The lowest BCUT2D eigenvalue weighted by molar-refractivity contribution is 0.584. The van der Waals surface area contributed by atoms with E-state index in [9.17, 15) is 0 Å². The van der Waals surface area contributed by atoms with Crippen molar-refractivity contribution in [2.24, 2.45) is 0 Å². The van der Waals surface area contributed by atoms with Crippen molar-refractivity contribution in [3.05, 3.63) is 54.1 Å². The van der Waals surface area contributed by atoms with Crippen molar-refractivity contribution in [3.8, 4) is 22.6 Å². The maximum Gasteiger partial charge on any atom is 0.136 e. The molecule has 0 saturated heterocycles. The lowest BCUT2D eigenvalue weighted by atomic mass is 10.1. The summed E-state index contributed by atoms with van der Waals surface area (Å²) < 4.78 is 5.83. The van der Waals surface area contributed by atoms with Crippen LogP contribution >= 0.6 is 0 Å². The van der Waals surface area contributed by atoms with Crippen LogP contribution in [0.2, 0.25) is 0 Å². The number of nitrogen functional groups attached to an aromatic ring is 1. The minimum Gasteiger partial charge on any atom is -0.456 e. The summed E-state index contributed by atoms with van der Waals surface area (Å²) in [6.07, 6.45) is 0. The van der Waals surface area contributed by atoms with E-state index < -0.39 is 0 Å². The molecule has 1 aromatic rings. The number of aryl methyl sites for hydroxylation is 1. The van der Waals surface area contributed by atoms with E-state index in [1.54, 1.807) is 0 Å². The van der Waals surface area contributed by atoms with E-state index >= 15 is 0 Å². The van der Waals surface area contributed by atoms with E-state index in [-0.39, 0.29) is 0 Å². The normalized spacial score (nSPS) is 10.9. The van der Waals surface area contributed by atoms with Gasteiger partial charge in [-0.1, -0.05) is 35.9 Å². The third-order valence-electron chi connectivity index (χ3n) is 2.93. The molecular formula is C15H13NO. The van der Waals surface area contributed by atoms with E-state index in [0.29, 0.717) is 0 Å². The maximum atomic E-state index is 6.01. The summed E-state index contributed by atoms with van der Waals surface area (Å²) in [4.78, 5) is 0. The molecule has 0 unspecified atom stereocenters. The summed E-state index contributed by atoms with van der Waals surface area (Å²) >= 11 is 0. The van der Waals surface area contributed by atoms with Crippen LogP contribution in [0.5, 0.6) is 0 Å². The van der Waals surface area contributed by atoms with Crippen molar-refractivity contribution in [1.29, 1.82) is 0 Å². The summed E-state index contributed by atoms with van der Waals surface area (Å²) in [7, 11) is 0. The second kappa shape index (κ2) is 3.67. The van der Waals surface area contributed by atoms with Gasteiger partial charge in [0, 0.05) is 22.9 Å². The first-order valence-electron chi connectivity index (χ1n) is 5.59. The maximum absolute atomic E-state index is 6.01. The van der Waals surface area contributed by atoms with Crippen LogP contribution in [0.1, 0.15) is 5.56 Å². The van der Waals surface area contributed by atoms with E-state index in [4.69, 9.17) is 10.2 Å². The van der Waals surface area contributed by atoms with Gasteiger partial charge < -0.3 is 10.2 Å². The van der Waals surface area contributed by atoms with Crippen LogP contribution in [-0.2, 0) is 0 Å². The molecule has 2 nitrogen and oxygen atoms in total. The van der Waals surface area contributed by atoms with Crippen LogP contribution in [-0.4, -0.2) is 0 Å². The zero-order valence-corrected chi connectivity index (χ0v) is 9.60. The number of hydrogen-bond acceptors (Lipinski definition) is 2. The molecule has 0 fully saturated rings. The average molecular weight is 223 g/mol. The van der Waals surface area contributed by atoms with Crippen LogP contribution in [0.3, 0.4) is 0 Å². The molecule has 0 amide bonds. The minimum atomic E-state index is 0.756. The van der Waals surface area contributed by atoms with Crippen LogP contribution in [0.15, 0.2) is 52.9 Å². The Morgan fingerprint density at radius 3 is 2.47 bits per heavy atom. The summed E-state index contributed by atoms with van der Waals surface area (Å²) in [5.74, 6) is 1.64. The van der Waals surface area contributed by atoms with E-state index in [1.807, 2.05) is 36.4 Å². The molecule has 1 aromatic carbocycles. The van der Waals surface area contributed by atoms with Crippen molar-refractivity contribution in [3.63, 3.8) is 0 Å². The Morgan fingerprint density at radius 2 is 1.71 bits per heavy atom. The van der Waals surface area contributed by atoms with E-state index in [0.717, 1.165) is 28.3 Å². The fraction of sp³-hybridized carbons (Fsp3) is 0.0667. The van der Waals surface area contributed by atoms with Crippen LogP contribution in [0.25, 0.3) is 22.6 Å². The van der Waals surface area contributed by atoms with Crippen LogP contribution in [0, 0.1) is 6.92 Å². The molecule has 1 heterocycles. The quantitative estimate of drug-likeness (QED) is 0.678. The number of hydrogen-bond donors (Lipinski definition) is 1. The first kappa shape index (κ1) is 9.97. The first-order chi connectivity index (χ1) is 8.24. The van der Waals surface area contributed by atoms with Gasteiger partial charge in [0.05, 0.1) is 0 Å². The predicted molar refractivity (Wildman–Crippen MR) is 69.9 cm³/mol. The SMILES string of the molecule is Cc1ccc(-c2cc(N)c3cccc-3o2)cc1. The average Bonchev–Trinajstić information content (AvgIpc) is 2.78. The lowest BCUT2D eigenvalue weighted by Gasteiger charge is -2.08. The predicted octanol–water partition coefficient (Wildman–Crippen LogP) is 3.94. The van der Waals surface area contributed by atoms with Gasteiger partial charge in [0.25, 0.3) is 0 Å². The Labute approximate surface area is 100 Å². The zero-order chi connectivity index (χ0) is 11.8. The highest BCUT2D eigenvalue weighted by atomic mass is 16.3. The molecule has 1 aliphatic carbocycles. The number of fused-ring (bicyclic) bond motifs is 1. The highest BCUT2D eigenvalue weighted by Gasteiger charge is 2.11. The van der Waals surface area contributed by atoms with E-state index in [1.165, 1.54) is 5.56 Å². The van der Waals surface area contributed by atoms with Crippen LogP contribution in [0.4, 0.5) is 5.69 Å². The van der Waals surface area contributed by atoms with Gasteiger partial charge in [-0.15, -0.1) is 0 Å². The fourth-order valence-electron chi connectivity index (χ4n) is 1.96. The van der Waals surface area contributed by atoms with Gasteiger partial charge in [-0.3, -0.25) is 0 Å². The molecule has 0 bridgehead atoms. The third-order valence-corrected chi connectivity index (χ3v) is 2.93. The van der Waals surface area contributed by atoms with Crippen LogP contribution < -0.4 is 5.73 Å². The summed E-state index contributed by atoms with van der Waals surface area (Å²) in [5.41, 5.74) is 10.0. The second-order valence-corrected chi connectivity index (χ2v) is 4.24. The number of nitrogens with two attached hydrogens (primary N) is 1. The number of anilines is 1.